The monoisotopic (exact) mass is 362 g/mol. The van der Waals surface area contributed by atoms with Gasteiger partial charge in [-0.25, -0.2) is 9.59 Å². The van der Waals surface area contributed by atoms with E-state index < -0.39 is 11.9 Å². The third-order valence-corrected chi connectivity index (χ3v) is 4.11. The van der Waals surface area contributed by atoms with Crippen molar-refractivity contribution in [3.63, 3.8) is 0 Å². The number of carboxylic acids is 1. The molecule has 1 N–H and O–H groups in total. The first-order valence-electron chi connectivity index (χ1n) is 6.21. The van der Waals surface area contributed by atoms with Crippen LogP contribution in [0.5, 0.6) is 0 Å². The highest BCUT2D eigenvalue weighted by Crippen LogP contribution is 2.27. The fourth-order valence-corrected chi connectivity index (χ4v) is 2.29. The lowest BCUT2D eigenvalue weighted by atomic mass is 10.0. The van der Waals surface area contributed by atoms with Crippen LogP contribution in [0.4, 0.5) is 0 Å². The summed E-state index contributed by atoms with van der Waals surface area (Å²) in [6.07, 6.45) is 0.416. The van der Waals surface area contributed by atoms with E-state index in [1.54, 1.807) is 0 Å². The molecule has 0 saturated heterocycles. The van der Waals surface area contributed by atoms with Gasteiger partial charge in [0.05, 0.1) is 16.1 Å². The minimum Gasteiger partial charge on any atom is -0.478 e. The van der Waals surface area contributed by atoms with Gasteiger partial charge in [-0.1, -0.05) is 32.4 Å². The SMILES string of the molecule is CCC(OC(=O)c1cc(Br)c(Cl)cc1C(=O)O)C(C)C. The van der Waals surface area contributed by atoms with E-state index in [4.69, 9.17) is 21.4 Å². The van der Waals surface area contributed by atoms with Gasteiger partial charge in [-0.3, -0.25) is 0 Å². The number of hydrogen-bond donors (Lipinski definition) is 1. The average Bonchev–Trinajstić information content (AvgIpc) is 2.37. The molecule has 0 radical (unpaired) electrons. The van der Waals surface area contributed by atoms with Crippen LogP contribution in [0.15, 0.2) is 16.6 Å². The van der Waals surface area contributed by atoms with Crippen LogP contribution in [0, 0.1) is 5.92 Å². The number of esters is 1. The summed E-state index contributed by atoms with van der Waals surface area (Å²) in [5.41, 5.74) is -0.172. The number of carbonyl (C=O) groups is 2. The summed E-state index contributed by atoms with van der Waals surface area (Å²) in [6, 6.07) is 2.61. The molecular weight excluding hydrogens is 348 g/mol. The number of benzene rings is 1. The van der Waals surface area contributed by atoms with Gasteiger partial charge in [0.1, 0.15) is 6.10 Å². The fourth-order valence-electron chi connectivity index (χ4n) is 1.78. The van der Waals surface area contributed by atoms with Crippen LogP contribution in [0.25, 0.3) is 0 Å². The summed E-state index contributed by atoms with van der Waals surface area (Å²) >= 11 is 9.03. The van der Waals surface area contributed by atoms with Gasteiger partial charge in [-0.2, -0.15) is 0 Å². The zero-order chi connectivity index (χ0) is 15.4. The first-order chi connectivity index (χ1) is 9.27. The Kier molecular flexibility index (Phi) is 6.02. The van der Waals surface area contributed by atoms with Crippen LogP contribution in [-0.2, 0) is 4.74 Å². The number of halogens is 2. The predicted octanol–water partition coefficient (Wildman–Crippen LogP) is 4.39. The van der Waals surface area contributed by atoms with Gasteiger partial charge in [-0.05, 0) is 40.4 Å². The minimum atomic E-state index is -1.22. The van der Waals surface area contributed by atoms with Crippen molar-refractivity contribution in [2.24, 2.45) is 5.92 Å². The van der Waals surface area contributed by atoms with Crippen molar-refractivity contribution in [3.05, 3.63) is 32.8 Å². The van der Waals surface area contributed by atoms with E-state index in [0.717, 1.165) is 0 Å². The van der Waals surface area contributed by atoms with Gasteiger partial charge in [0, 0.05) is 4.47 Å². The molecular formula is C14H16BrClO4. The Labute approximate surface area is 131 Å². The summed E-state index contributed by atoms with van der Waals surface area (Å²) in [5, 5.41) is 9.38. The van der Waals surface area contributed by atoms with E-state index in [1.807, 2.05) is 20.8 Å². The highest BCUT2D eigenvalue weighted by Gasteiger charge is 2.23. The Hall–Kier alpha value is -1.07. The largest absolute Gasteiger partial charge is 0.478 e. The third-order valence-electron chi connectivity index (χ3n) is 2.92. The van der Waals surface area contributed by atoms with Crippen molar-refractivity contribution in [1.29, 1.82) is 0 Å². The topological polar surface area (TPSA) is 63.6 Å². The van der Waals surface area contributed by atoms with Crippen LogP contribution in [0.2, 0.25) is 5.02 Å². The molecule has 4 nitrogen and oxygen atoms in total. The summed E-state index contributed by atoms with van der Waals surface area (Å²) in [4.78, 5) is 23.4. The number of ether oxygens (including phenoxy) is 1. The van der Waals surface area contributed by atoms with Crippen LogP contribution in [-0.4, -0.2) is 23.1 Å². The van der Waals surface area contributed by atoms with E-state index in [9.17, 15) is 9.59 Å². The fraction of sp³-hybridized carbons (Fsp3) is 0.429. The maximum atomic E-state index is 12.2. The van der Waals surface area contributed by atoms with Crippen LogP contribution < -0.4 is 0 Å². The molecule has 6 heteroatoms. The third kappa shape index (κ3) is 3.96. The highest BCUT2D eigenvalue weighted by molar-refractivity contribution is 9.10. The smallest absolute Gasteiger partial charge is 0.339 e. The van der Waals surface area contributed by atoms with Gasteiger partial charge in [0.2, 0.25) is 0 Å². The lowest BCUT2D eigenvalue weighted by molar-refractivity contribution is 0.0169. The van der Waals surface area contributed by atoms with Crippen molar-refractivity contribution in [2.75, 3.05) is 0 Å². The molecule has 0 fully saturated rings. The molecule has 1 atom stereocenters. The quantitative estimate of drug-likeness (QED) is 0.788. The first kappa shape index (κ1) is 17.0. The maximum absolute atomic E-state index is 12.2. The Bertz CT molecular complexity index is 528. The predicted molar refractivity (Wildman–Crippen MR) is 80.4 cm³/mol. The van der Waals surface area contributed by atoms with Crippen molar-refractivity contribution in [2.45, 2.75) is 33.3 Å². The molecule has 1 rings (SSSR count). The molecule has 0 bridgehead atoms. The minimum absolute atomic E-state index is 0.00660. The normalized spacial score (nSPS) is 12.3. The van der Waals surface area contributed by atoms with Crippen molar-refractivity contribution < 1.29 is 19.4 Å². The van der Waals surface area contributed by atoms with E-state index in [0.29, 0.717) is 10.9 Å². The van der Waals surface area contributed by atoms with Gasteiger partial charge in [0.25, 0.3) is 0 Å². The zero-order valence-electron chi connectivity index (χ0n) is 11.4. The molecule has 1 unspecified atom stereocenters. The number of rotatable bonds is 5. The molecule has 0 aromatic heterocycles. The Morgan fingerprint density at radius 2 is 1.95 bits per heavy atom. The Morgan fingerprint density at radius 1 is 1.35 bits per heavy atom. The zero-order valence-corrected chi connectivity index (χ0v) is 13.8. The van der Waals surface area contributed by atoms with Crippen molar-refractivity contribution in [1.82, 2.24) is 0 Å². The van der Waals surface area contributed by atoms with Crippen molar-refractivity contribution in [3.8, 4) is 0 Å². The van der Waals surface area contributed by atoms with Crippen LogP contribution >= 0.6 is 27.5 Å². The van der Waals surface area contributed by atoms with E-state index in [-0.39, 0.29) is 28.2 Å². The van der Waals surface area contributed by atoms with E-state index >= 15 is 0 Å². The Balaban J connectivity index is 3.15. The second-order valence-electron chi connectivity index (χ2n) is 4.71. The second-order valence-corrected chi connectivity index (χ2v) is 5.97. The molecule has 0 amide bonds. The van der Waals surface area contributed by atoms with Gasteiger partial charge in [-0.15, -0.1) is 0 Å². The van der Waals surface area contributed by atoms with Crippen LogP contribution in [0.1, 0.15) is 47.9 Å². The number of aromatic carboxylic acids is 1. The van der Waals surface area contributed by atoms with Crippen LogP contribution in [0.3, 0.4) is 0 Å². The molecule has 0 aliphatic carbocycles. The second kappa shape index (κ2) is 7.09. The lowest BCUT2D eigenvalue weighted by Gasteiger charge is -2.20. The van der Waals surface area contributed by atoms with E-state index in [2.05, 4.69) is 15.9 Å². The maximum Gasteiger partial charge on any atom is 0.339 e. The van der Waals surface area contributed by atoms with Gasteiger partial charge < -0.3 is 9.84 Å². The number of carboxylic acid groups (broad SMARTS) is 1. The van der Waals surface area contributed by atoms with Gasteiger partial charge >= 0.3 is 11.9 Å². The van der Waals surface area contributed by atoms with E-state index in [1.165, 1.54) is 12.1 Å². The first-order valence-corrected chi connectivity index (χ1v) is 7.38. The standard InChI is InChI=1S/C14H16BrClO4/c1-4-12(7(2)3)20-14(19)9-5-10(15)11(16)6-8(9)13(17)18/h5-7,12H,4H2,1-3H3,(H,17,18). The molecule has 110 valence electrons. The number of hydrogen-bond acceptors (Lipinski definition) is 3. The molecule has 0 spiro atoms. The molecule has 0 aliphatic heterocycles. The molecule has 20 heavy (non-hydrogen) atoms. The number of carbonyl (C=O) groups excluding carboxylic acids is 1. The Morgan fingerprint density at radius 3 is 2.40 bits per heavy atom. The summed E-state index contributed by atoms with van der Waals surface area (Å²) < 4.78 is 5.82. The van der Waals surface area contributed by atoms with Crippen molar-refractivity contribution >= 4 is 39.5 Å². The molecule has 0 aliphatic rings. The highest BCUT2D eigenvalue weighted by atomic mass is 79.9. The van der Waals surface area contributed by atoms with Gasteiger partial charge in [0.15, 0.2) is 0 Å². The molecule has 1 aromatic rings. The lowest BCUT2D eigenvalue weighted by Crippen LogP contribution is -2.24. The summed E-state index contributed by atoms with van der Waals surface area (Å²) in [5.74, 6) is -1.71. The summed E-state index contributed by atoms with van der Waals surface area (Å²) in [6.45, 7) is 5.79. The summed E-state index contributed by atoms with van der Waals surface area (Å²) in [7, 11) is 0. The average molecular weight is 364 g/mol. The molecule has 1 aromatic carbocycles. The molecule has 0 saturated carbocycles. The molecule has 0 heterocycles.